The second kappa shape index (κ2) is 8.03. The highest BCUT2D eigenvalue weighted by Gasteiger charge is 2.17. The van der Waals surface area contributed by atoms with Crippen LogP contribution in [0.4, 0.5) is 0 Å². The van der Waals surface area contributed by atoms with Crippen molar-refractivity contribution >= 4 is 40.8 Å². The van der Waals surface area contributed by atoms with Crippen LogP contribution in [0.3, 0.4) is 0 Å². The van der Waals surface area contributed by atoms with Crippen LogP contribution in [0.5, 0.6) is 5.88 Å². The molecule has 0 aliphatic rings. The first-order chi connectivity index (χ1) is 10.6. The molecule has 0 spiro atoms. The molecule has 0 fully saturated rings. The molecule has 0 radical (unpaired) electrons. The van der Waals surface area contributed by atoms with Gasteiger partial charge in [-0.1, -0.05) is 23.5 Å². The summed E-state index contributed by atoms with van der Waals surface area (Å²) in [6.45, 7) is 0.322. The lowest BCUT2D eigenvalue weighted by atomic mass is 10.3. The van der Waals surface area contributed by atoms with Gasteiger partial charge >= 0.3 is 0 Å². The number of nitriles is 1. The molecule has 114 valence electrons. The molecule has 6 nitrogen and oxygen atoms in total. The molecule has 0 atom stereocenters. The second-order valence-electron chi connectivity index (χ2n) is 3.98. The van der Waals surface area contributed by atoms with Crippen LogP contribution in [0.15, 0.2) is 27.0 Å². The summed E-state index contributed by atoms with van der Waals surface area (Å²) in [5.74, 6) is -0.206. The monoisotopic (exact) mass is 352 g/mol. The third-order valence-electron chi connectivity index (χ3n) is 2.42. The van der Waals surface area contributed by atoms with Crippen molar-refractivity contribution in [3.8, 4) is 11.9 Å². The van der Waals surface area contributed by atoms with Crippen molar-refractivity contribution < 1.29 is 9.53 Å². The van der Waals surface area contributed by atoms with Gasteiger partial charge in [0.15, 0.2) is 5.16 Å². The van der Waals surface area contributed by atoms with E-state index in [1.165, 1.54) is 11.8 Å². The molecule has 9 heteroatoms. The zero-order chi connectivity index (χ0) is 15.9. The largest absolute Gasteiger partial charge is 0.472 e. The zero-order valence-corrected chi connectivity index (χ0v) is 14.1. The number of nitrogens with zero attached hydrogens (tertiary/aromatic N) is 3. The van der Waals surface area contributed by atoms with Crippen molar-refractivity contribution in [1.29, 1.82) is 5.26 Å². The fourth-order valence-electron chi connectivity index (χ4n) is 1.46. The van der Waals surface area contributed by atoms with Crippen molar-refractivity contribution in [3.05, 3.63) is 28.0 Å². The Bertz CT molecular complexity index is 698. The lowest BCUT2D eigenvalue weighted by Gasteiger charge is -2.10. The maximum absolute atomic E-state index is 10.9. The van der Waals surface area contributed by atoms with Crippen molar-refractivity contribution in [2.45, 2.75) is 16.8 Å². The maximum atomic E-state index is 10.9. The molecule has 2 heterocycles. The van der Waals surface area contributed by atoms with Gasteiger partial charge in [0.1, 0.15) is 23.3 Å². The fraction of sp³-hybridized carbons (Fsp3) is 0.231. The standard InChI is InChI=1S/C13H12N4O2S3/c1-20-13-16-11(19-5-8-2-3-21-6-8)9(4-14)12(17-13)22-7-10(15)18/h2-3,6H,5,7H2,1H3,(H2,15,18). The summed E-state index contributed by atoms with van der Waals surface area (Å²) in [6, 6.07) is 3.98. The number of hydrogen-bond acceptors (Lipinski definition) is 8. The number of ether oxygens (including phenoxy) is 1. The highest BCUT2D eigenvalue weighted by atomic mass is 32.2. The average Bonchev–Trinajstić information content (AvgIpc) is 3.03. The van der Waals surface area contributed by atoms with Gasteiger partial charge < -0.3 is 10.5 Å². The minimum absolute atomic E-state index is 0.0451. The zero-order valence-electron chi connectivity index (χ0n) is 11.6. The number of thiophene rings is 1. The minimum atomic E-state index is -0.473. The smallest absolute Gasteiger partial charge is 0.237 e. The molecule has 0 saturated heterocycles. The summed E-state index contributed by atoms with van der Waals surface area (Å²) >= 11 is 4.01. The number of primary amides is 1. The molecule has 0 bridgehead atoms. The van der Waals surface area contributed by atoms with Crippen LogP contribution >= 0.6 is 34.9 Å². The van der Waals surface area contributed by atoms with E-state index in [1.54, 1.807) is 11.3 Å². The summed E-state index contributed by atoms with van der Waals surface area (Å²) in [5.41, 5.74) is 6.37. The van der Waals surface area contributed by atoms with Crippen molar-refractivity contribution in [3.63, 3.8) is 0 Å². The summed E-state index contributed by atoms with van der Waals surface area (Å²) in [5, 5.41) is 14.1. The molecule has 2 aromatic heterocycles. The normalized spacial score (nSPS) is 10.2. The topological polar surface area (TPSA) is 102 Å². The molecule has 0 unspecified atom stereocenters. The molecule has 1 amide bonds. The minimum Gasteiger partial charge on any atom is -0.472 e. The first-order valence-electron chi connectivity index (χ1n) is 6.05. The molecule has 0 aliphatic carbocycles. The van der Waals surface area contributed by atoms with Gasteiger partial charge in [-0.25, -0.2) is 4.98 Å². The van der Waals surface area contributed by atoms with Gasteiger partial charge in [-0.3, -0.25) is 4.79 Å². The van der Waals surface area contributed by atoms with Crippen LogP contribution in [0.2, 0.25) is 0 Å². The van der Waals surface area contributed by atoms with E-state index in [9.17, 15) is 10.1 Å². The third-order valence-corrected chi connectivity index (χ3v) is 4.70. The third kappa shape index (κ3) is 4.37. The van der Waals surface area contributed by atoms with Crippen LogP contribution in [0.25, 0.3) is 0 Å². The molecular weight excluding hydrogens is 340 g/mol. The number of nitrogens with two attached hydrogens (primary N) is 1. The highest BCUT2D eigenvalue weighted by Crippen LogP contribution is 2.29. The molecule has 2 N–H and O–H groups in total. The average molecular weight is 352 g/mol. The Hall–Kier alpha value is -1.76. The predicted molar refractivity (Wildman–Crippen MR) is 87.1 cm³/mol. The van der Waals surface area contributed by atoms with E-state index in [4.69, 9.17) is 10.5 Å². The van der Waals surface area contributed by atoms with E-state index in [-0.39, 0.29) is 17.2 Å². The predicted octanol–water partition coefficient (Wildman–Crippen LogP) is 2.29. The number of rotatable bonds is 7. The van der Waals surface area contributed by atoms with Gasteiger partial charge in [0.25, 0.3) is 0 Å². The van der Waals surface area contributed by atoms with Gasteiger partial charge in [0.2, 0.25) is 11.8 Å². The van der Waals surface area contributed by atoms with Crippen LogP contribution in [0.1, 0.15) is 11.1 Å². The fourth-order valence-corrected chi connectivity index (χ4v) is 3.24. The summed E-state index contributed by atoms with van der Waals surface area (Å²) in [7, 11) is 0. The molecule has 22 heavy (non-hydrogen) atoms. The SMILES string of the molecule is CSc1nc(OCc2ccsc2)c(C#N)c(SCC(N)=O)n1. The van der Waals surface area contributed by atoms with Gasteiger partial charge in [-0.2, -0.15) is 21.6 Å². The van der Waals surface area contributed by atoms with Gasteiger partial charge in [0, 0.05) is 5.56 Å². The highest BCUT2D eigenvalue weighted by molar-refractivity contribution is 8.00. The van der Waals surface area contributed by atoms with Gasteiger partial charge in [-0.05, 0) is 23.1 Å². The number of thioether (sulfide) groups is 2. The Morgan fingerprint density at radius 3 is 2.95 bits per heavy atom. The van der Waals surface area contributed by atoms with Crippen molar-refractivity contribution in [2.75, 3.05) is 12.0 Å². The Kier molecular flexibility index (Phi) is 6.06. The van der Waals surface area contributed by atoms with E-state index in [1.807, 2.05) is 29.2 Å². The van der Waals surface area contributed by atoms with E-state index in [0.29, 0.717) is 16.8 Å². The Labute approximate surface area is 140 Å². The van der Waals surface area contributed by atoms with E-state index in [0.717, 1.165) is 17.3 Å². The van der Waals surface area contributed by atoms with Crippen molar-refractivity contribution in [2.24, 2.45) is 5.73 Å². The number of hydrogen-bond donors (Lipinski definition) is 1. The maximum Gasteiger partial charge on any atom is 0.237 e. The Morgan fingerprint density at radius 1 is 1.55 bits per heavy atom. The van der Waals surface area contributed by atoms with E-state index in [2.05, 4.69) is 9.97 Å². The molecule has 0 aliphatic heterocycles. The lowest BCUT2D eigenvalue weighted by Crippen LogP contribution is -2.13. The van der Waals surface area contributed by atoms with E-state index < -0.39 is 5.91 Å². The quantitative estimate of drug-likeness (QED) is 0.463. The lowest BCUT2D eigenvalue weighted by molar-refractivity contribution is -0.115. The van der Waals surface area contributed by atoms with Gasteiger partial charge in [-0.15, -0.1) is 0 Å². The number of amides is 1. The Balaban J connectivity index is 2.27. The Morgan fingerprint density at radius 2 is 2.36 bits per heavy atom. The van der Waals surface area contributed by atoms with Crippen LogP contribution in [-0.4, -0.2) is 27.9 Å². The number of carbonyl (C=O) groups is 1. The number of carbonyl (C=O) groups excluding carboxylic acids is 1. The summed E-state index contributed by atoms with van der Waals surface area (Å²) < 4.78 is 5.65. The van der Waals surface area contributed by atoms with Crippen LogP contribution < -0.4 is 10.5 Å². The molecular formula is C13H12N4O2S3. The van der Waals surface area contributed by atoms with Crippen LogP contribution in [-0.2, 0) is 11.4 Å². The van der Waals surface area contributed by atoms with Crippen molar-refractivity contribution in [1.82, 2.24) is 9.97 Å². The van der Waals surface area contributed by atoms with Crippen LogP contribution in [0, 0.1) is 11.3 Å². The van der Waals surface area contributed by atoms with E-state index >= 15 is 0 Å². The molecule has 2 rings (SSSR count). The molecule has 0 aromatic carbocycles. The molecule has 0 saturated carbocycles. The molecule has 2 aromatic rings. The summed E-state index contributed by atoms with van der Waals surface area (Å²) in [4.78, 5) is 19.4. The second-order valence-corrected chi connectivity index (χ2v) is 6.50. The number of aromatic nitrogens is 2. The van der Waals surface area contributed by atoms with Gasteiger partial charge in [0.05, 0.1) is 5.75 Å². The summed E-state index contributed by atoms with van der Waals surface area (Å²) in [6.07, 6.45) is 1.83. The first kappa shape index (κ1) is 16.6. The first-order valence-corrected chi connectivity index (χ1v) is 9.20.